The molecule has 0 aromatic rings. The standard InChI is InChI=1S/C31H50N4O11/c1-31(2,3)46-30(43)33-18-24(36)34-23(15-17-27(40)45-21-12-8-5-9-13-21)29(42)35-22(28(41)32-19-25(37)38)14-16-26(39)44-20-10-6-4-7-11-20/h20-23H,4-19H2,1-3H3,(H,32,41)(H,33,43)(H,34,36)(H,35,42)(H,37,38)/t22-,23-/m0/s1. The molecule has 0 unspecified atom stereocenters. The van der Waals surface area contributed by atoms with Gasteiger partial charge in [-0.05, 0) is 85.0 Å². The molecule has 2 aliphatic rings. The van der Waals surface area contributed by atoms with Crippen LogP contribution in [0, 0.1) is 0 Å². The van der Waals surface area contributed by atoms with Gasteiger partial charge in [-0.2, -0.15) is 0 Å². The SMILES string of the molecule is CC(C)(C)OC(=O)NCC(=O)N[C@@H](CCC(=O)OC1CCCCC1)C(=O)N[C@@H](CCC(=O)OC1CCCCC1)C(=O)NCC(=O)O. The molecule has 0 saturated heterocycles. The van der Waals surface area contributed by atoms with E-state index >= 15 is 0 Å². The molecule has 5 N–H and O–H groups in total. The highest BCUT2D eigenvalue weighted by atomic mass is 16.6. The van der Waals surface area contributed by atoms with Crippen molar-refractivity contribution in [3.63, 3.8) is 0 Å². The largest absolute Gasteiger partial charge is 0.480 e. The lowest BCUT2D eigenvalue weighted by Gasteiger charge is -2.25. The van der Waals surface area contributed by atoms with Gasteiger partial charge in [0.1, 0.15) is 43.0 Å². The molecule has 2 aliphatic carbocycles. The van der Waals surface area contributed by atoms with Gasteiger partial charge in [-0.1, -0.05) is 12.8 Å². The highest BCUT2D eigenvalue weighted by molar-refractivity contribution is 5.94. The Hall–Kier alpha value is -3.91. The molecule has 260 valence electrons. The summed E-state index contributed by atoms with van der Waals surface area (Å²) in [6.45, 7) is 3.69. The van der Waals surface area contributed by atoms with E-state index in [1.54, 1.807) is 20.8 Å². The molecule has 0 aliphatic heterocycles. The van der Waals surface area contributed by atoms with E-state index in [2.05, 4.69) is 21.3 Å². The first-order valence-corrected chi connectivity index (χ1v) is 16.2. The van der Waals surface area contributed by atoms with Crippen molar-refractivity contribution in [2.24, 2.45) is 0 Å². The average molecular weight is 655 g/mol. The first kappa shape index (κ1) is 38.3. The molecule has 2 saturated carbocycles. The third-order valence-electron chi connectivity index (χ3n) is 7.47. The van der Waals surface area contributed by atoms with Gasteiger partial charge in [0, 0.05) is 12.8 Å². The van der Waals surface area contributed by atoms with Gasteiger partial charge in [-0.15, -0.1) is 0 Å². The number of hydrogen-bond donors (Lipinski definition) is 5. The number of carboxylic acid groups (broad SMARTS) is 1. The van der Waals surface area contributed by atoms with Crippen LogP contribution < -0.4 is 21.3 Å². The van der Waals surface area contributed by atoms with Gasteiger partial charge in [0.25, 0.3) is 0 Å². The van der Waals surface area contributed by atoms with Crippen molar-refractivity contribution in [2.75, 3.05) is 13.1 Å². The minimum absolute atomic E-state index is 0.192. The van der Waals surface area contributed by atoms with Gasteiger partial charge >= 0.3 is 24.0 Å². The Morgan fingerprint density at radius 3 is 1.61 bits per heavy atom. The number of rotatable bonds is 16. The fourth-order valence-electron chi connectivity index (χ4n) is 5.19. The predicted molar refractivity (Wildman–Crippen MR) is 163 cm³/mol. The monoisotopic (exact) mass is 654 g/mol. The normalized spacial score (nSPS) is 17.0. The van der Waals surface area contributed by atoms with Crippen LogP contribution in [0.1, 0.15) is 111 Å². The van der Waals surface area contributed by atoms with E-state index in [4.69, 9.17) is 19.3 Å². The second-order valence-electron chi connectivity index (χ2n) is 12.7. The van der Waals surface area contributed by atoms with Gasteiger partial charge in [-0.3, -0.25) is 28.8 Å². The summed E-state index contributed by atoms with van der Waals surface area (Å²) in [6, 6.07) is -2.69. The van der Waals surface area contributed by atoms with Gasteiger partial charge in [-0.25, -0.2) is 4.79 Å². The highest BCUT2D eigenvalue weighted by Crippen LogP contribution is 2.22. The molecule has 0 spiro atoms. The fraction of sp³-hybridized carbons (Fsp3) is 0.774. The van der Waals surface area contributed by atoms with E-state index in [1.807, 2.05) is 0 Å². The summed E-state index contributed by atoms with van der Waals surface area (Å²) in [5.41, 5.74) is -0.805. The summed E-state index contributed by atoms with van der Waals surface area (Å²) >= 11 is 0. The number of esters is 2. The quantitative estimate of drug-likeness (QED) is 0.120. The van der Waals surface area contributed by atoms with Crippen LogP contribution in [0.15, 0.2) is 0 Å². The molecule has 0 bridgehead atoms. The maximum atomic E-state index is 13.4. The predicted octanol–water partition coefficient (Wildman–Crippen LogP) is 1.99. The molecule has 2 atom stereocenters. The second-order valence-corrected chi connectivity index (χ2v) is 12.7. The zero-order valence-corrected chi connectivity index (χ0v) is 27.2. The smallest absolute Gasteiger partial charge is 0.408 e. The van der Waals surface area contributed by atoms with E-state index in [9.17, 15) is 33.6 Å². The van der Waals surface area contributed by atoms with E-state index in [0.717, 1.165) is 64.2 Å². The molecule has 15 nitrogen and oxygen atoms in total. The van der Waals surface area contributed by atoms with Crippen LogP contribution in [0.5, 0.6) is 0 Å². The number of carbonyl (C=O) groups excluding carboxylic acids is 6. The molecule has 2 rings (SSSR count). The number of hydrogen-bond acceptors (Lipinski definition) is 10. The number of carboxylic acids is 1. The zero-order chi connectivity index (χ0) is 34.1. The molecule has 2 fully saturated rings. The topological polar surface area (TPSA) is 216 Å². The minimum Gasteiger partial charge on any atom is -0.480 e. The molecule has 0 radical (unpaired) electrons. The Morgan fingerprint density at radius 2 is 1.15 bits per heavy atom. The summed E-state index contributed by atoms with van der Waals surface area (Å²) in [5.74, 6) is -4.89. The van der Waals surface area contributed by atoms with E-state index < -0.39 is 72.5 Å². The Bertz CT molecular complexity index is 1060. The van der Waals surface area contributed by atoms with Gasteiger partial charge in [0.2, 0.25) is 17.7 Å². The summed E-state index contributed by atoms with van der Waals surface area (Å²) in [7, 11) is 0. The van der Waals surface area contributed by atoms with Crippen LogP contribution >= 0.6 is 0 Å². The Morgan fingerprint density at radius 1 is 0.674 bits per heavy atom. The van der Waals surface area contributed by atoms with Crippen molar-refractivity contribution < 1.29 is 52.9 Å². The lowest BCUT2D eigenvalue weighted by atomic mass is 9.98. The van der Waals surface area contributed by atoms with Crippen molar-refractivity contribution in [2.45, 2.75) is 141 Å². The third kappa shape index (κ3) is 16.4. The molecule has 0 aromatic carbocycles. The molecular formula is C31H50N4O11. The summed E-state index contributed by atoms with van der Waals surface area (Å²) in [5, 5.41) is 18.4. The van der Waals surface area contributed by atoms with Crippen molar-refractivity contribution in [3.05, 3.63) is 0 Å². The lowest BCUT2D eigenvalue weighted by molar-refractivity contribution is -0.152. The first-order valence-electron chi connectivity index (χ1n) is 16.2. The lowest BCUT2D eigenvalue weighted by Crippen LogP contribution is -2.55. The Kier molecular flexibility index (Phi) is 16.3. The Labute approximate surface area is 269 Å². The third-order valence-corrected chi connectivity index (χ3v) is 7.47. The van der Waals surface area contributed by atoms with Crippen molar-refractivity contribution in [1.29, 1.82) is 0 Å². The first-order chi connectivity index (χ1) is 21.7. The summed E-state index contributed by atoms with van der Waals surface area (Å²) < 4.78 is 16.1. The average Bonchev–Trinajstić information content (AvgIpc) is 2.99. The van der Waals surface area contributed by atoms with Crippen LogP contribution in [-0.2, 0) is 43.0 Å². The van der Waals surface area contributed by atoms with E-state index in [0.29, 0.717) is 0 Å². The van der Waals surface area contributed by atoms with Gasteiger partial charge < -0.3 is 40.6 Å². The Balaban J connectivity index is 2.08. The number of ether oxygens (including phenoxy) is 3. The van der Waals surface area contributed by atoms with Crippen LogP contribution in [0.25, 0.3) is 0 Å². The number of carbonyl (C=O) groups is 7. The number of amides is 4. The van der Waals surface area contributed by atoms with Crippen LogP contribution in [0.2, 0.25) is 0 Å². The van der Waals surface area contributed by atoms with Crippen LogP contribution in [-0.4, -0.2) is 89.8 Å². The second kappa shape index (κ2) is 19.6. The van der Waals surface area contributed by atoms with Crippen LogP contribution in [0.4, 0.5) is 4.79 Å². The molecule has 46 heavy (non-hydrogen) atoms. The van der Waals surface area contributed by atoms with Crippen LogP contribution in [0.3, 0.4) is 0 Å². The van der Waals surface area contributed by atoms with E-state index in [1.165, 1.54) is 0 Å². The molecule has 4 amide bonds. The fourth-order valence-corrected chi connectivity index (χ4v) is 5.19. The maximum Gasteiger partial charge on any atom is 0.408 e. The van der Waals surface area contributed by atoms with E-state index in [-0.39, 0.29) is 37.9 Å². The minimum atomic E-state index is -1.35. The van der Waals surface area contributed by atoms with Crippen molar-refractivity contribution >= 4 is 41.7 Å². The zero-order valence-electron chi connectivity index (χ0n) is 27.2. The maximum absolute atomic E-state index is 13.4. The molecule has 15 heteroatoms. The van der Waals surface area contributed by atoms with Gasteiger partial charge in [0.15, 0.2) is 0 Å². The highest BCUT2D eigenvalue weighted by Gasteiger charge is 2.30. The molecule has 0 heterocycles. The number of aliphatic carboxylic acids is 1. The number of alkyl carbamates (subject to hydrolysis) is 1. The molecular weight excluding hydrogens is 604 g/mol. The van der Waals surface area contributed by atoms with Crippen molar-refractivity contribution in [3.8, 4) is 0 Å². The molecule has 0 aromatic heterocycles. The van der Waals surface area contributed by atoms with Gasteiger partial charge in [0.05, 0.1) is 0 Å². The summed E-state index contributed by atoms with van der Waals surface area (Å²) in [4.78, 5) is 87.1. The van der Waals surface area contributed by atoms with Crippen molar-refractivity contribution in [1.82, 2.24) is 21.3 Å². The summed E-state index contributed by atoms with van der Waals surface area (Å²) in [6.07, 6.45) is 6.80. The number of nitrogens with one attached hydrogen (secondary N) is 4.